The van der Waals surface area contributed by atoms with Crippen LogP contribution < -0.4 is 5.32 Å². The van der Waals surface area contributed by atoms with Gasteiger partial charge in [-0.1, -0.05) is 38.0 Å². The van der Waals surface area contributed by atoms with Crippen molar-refractivity contribution in [3.63, 3.8) is 0 Å². The molecular weight excluding hydrogens is 334 g/mol. The molecule has 0 bridgehead atoms. The van der Waals surface area contributed by atoms with E-state index < -0.39 is 5.97 Å². The van der Waals surface area contributed by atoms with E-state index in [9.17, 15) is 9.59 Å². The number of para-hydroxylation sites is 1. The Bertz CT molecular complexity index is 782. The van der Waals surface area contributed by atoms with Gasteiger partial charge in [-0.15, -0.1) is 0 Å². The van der Waals surface area contributed by atoms with Crippen LogP contribution in [0.3, 0.4) is 0 Å². The Morgan fingerprint density at radius 2 is 2.00 bits per heavy atom. The van der Waals surface area contributed by atoms with Gasteiger partial charge in [0.2, 0.25) is 5.76 Å². The van der Waals surface area contributed by atoms with Gasteiger partial charge >= 0.3 is 5.97 Å². The fourth-order valence-corrected chi connectivity index (χ4v) is 3.53. The Balaban J connectivity index is 1.63. The van der Waals surface area contributed by atoms with Gasteiger partial charge in [0.15, 0.2) is 6.61 Å². The highest BCUT2D eigenvalue weighted by Crippen LogP contribution is 2.27. The zero-order chi connectivity index (χ0) is 18.5. The van der Waals surface area contributed by atoms with Crippen LogP contribution in [0.4, 0.5) is 0 Å². The predicted molar refractivity (Wildman–Crippen MR) is 96.8 cm³/mol. The van der Waals surface area contributed by atoms with Crippen molar-refractivity contribution in [2.45, 2.75) is 45.3 Å². The van der Waals surface area contributed by atoms with Gasteiger partial charge in [-0.25, -0.2) is 4.79 Å². The van der Waals surface area contributed by atoms with Crippen LogP contribution in [0.5, 0.6) is 0 Å². The number of esters is 1. The van der Waals surface area contributed by atoms with Crippen molar-refractivity contribution in [2.75, 3.05) is 13.7 Å². The van der Waals surface area contributed by atoms with Gasteiger partial charge in [0, 0.05) is 24.1 Å². The number of hydrogen-bond donors (Lipinski definition) is 1. The maximum Gasteiger partial charge on any atom is 0.375 e. The number of rotatable bonds is 6. The Morgan fingerprint density at radius 1 is 1.23 bits per heavy atom. The van der Waals surface area contributed by atoms with E-state index in [1.54, 1.807) is 13.2 Å². The van der Waals surface area contributed by atoms with E-state index in [-0.39, 0.29) is 30.9 Å². The summed E-state index contributed by atoms with van der Waals surface area (Å²) in [5.41, 5.74) is 1.22. The molecule has 26 heavy (non-hydrogen) atoms. The molecular formula is C20H25NO5. The average molecular weight is 359 g/mol. The Hall–Kier alpha value is -2.34. The molecule has 0 saturated heterocycles. The van der Waals surface area contributed by atoms with Crippen LogP contribution in [0, 0.1) is 5.92 Å². The van der Waals surface area contributed by atoms with E-state index in [0.29, 0.717) is 17.1 Å². The van der Waals surface area contributed by atoms with Crippen molar-refractivity contribution < 1.29 is 23.5 Å². The molecule has 0 radical (unpaired) electrons. The molecule has 1 saturated carbocycles. The fourth-order valence-electron chi connectivity index (χ4n) is 3.53. The lowest BCUT2D eigenvalue weighted by Gasteiger charge is -2.29. The maximum atomic E-state index is 12.4. The Labute approximate surface area is 152 Å². The number of benzene rings is 1. The number of fused-ring (bicyclic) bond motifs is 1. The highest BCUT2D eigenvalue weighted by molar-refractivity contribution is 5.96. The Morgan fingerprint density at radius 3 is 2.77 bits per heavy atom. The second-order valence-corrected chi connectivity index (χ2v) is 6.85. The van der Waals surface area contributed by atoms with Crippen LogP contribution >= 0.6 is 0 Å². The first-order valence-electron chi connectivity index (χ1n) is 9.06. The third-order valence-corrected chi connectivity index (χ3v) is 4.96. The molecule has 6 nitrogen and oxygen atoms in total. The molecule has 1 fully saturated rings. The number of methoxy groups -OCH3 is 1. The minimum atomic E-state index is -0.653. The summed E-state index contributed by atoms with van der Waals surface area (Å²) >= 11 is 0. The van der Waals surface area contributed by atoms with E-state index in [1.807, 2.05) is 18.2 Å². The number of nitrogens with one attached hydrogen (secondary N) is 1. The van der Waals surface area contributed by atoms with Crippen molar-refractivity contribution in [3.05, 3.63) is 35.6 Å². The van der Waals surface area contributed by atoms with Crippen LogP contribution in [0.1, 0.15) is 48.7 Å². The third-order valence-electron chi connectivity index (χ3n) is 4.96. The SMILES string of the molecule is COCc1c(C(=O)OCC(=O)N[C@H]2CCCC[C@H]2C)oc2ccccc12. The van der Waals surface area contributed by atoms with Gasteiger partial charge in [0.1, 0.15) is 5.58 Å². The summed E-state index contributed by atoms with van der Waals surface area (Å²) in [5.74, 6) is -0.388. The van der Waals surface area contributed by atoms with E-state index in [0.717, 1.165) is 24.6 Å². The second kappa shape index (κ2) is 8.36. The monoisotopic (exact) mass is 359 g/mol. The highest BCUT2D eigenvalue weighted by atomic mass is 16.5. The molecule has 1 aromatic carbocycles. The summed E-state index contributed by atoms with van der Waals surface area (Å²) in [5, 5.41) is 3.78. The van der Waals surface area contributed by atoms with Crippen LogP contribution in [0.25, 0.3) is 11.0 Å². The molecule has 1 N–H and O–H groups in total. The van der Waals surface area contributed by atoms with Crippen molar-refractivity contribution in [3.8, 4) is 0 Å². The molecule has 1 aliphatic carbocycles. The molecule has 1 aliphatic rings. The lowest BCUT2D eigenvalue weighted by molar-refractivity contribution is -0.125. The number of amides is 1. The van der Waals surface area contributed by atoms with Gasteiger partial charge in [-0.2, -0.15) is 0 Å². The van der Waals surface area contributed by atoms with Crippen molar-refractivity contribution in [1.82, 2.24) is 5.32 Å². The Kier molecular flexibility index (Phi) is 5.93. The molecule has 0 unspecified atom stereocenters. The first-order valence-corrected chi connectivity index (χ1v) is 9.06. The van der Waals surface area contributed by atoms with E-state index in [4.69, 9.17) is 13.9 Å². The second-order valence-electron chi connectivity index (χ2n) is 6.85. The highest BCUT2D eigenvalue weighted by Gasteiger charge is 2.25. The van der Waals surface area contributed by atoms with Gasteiger partial charge in [-0.05, 0) is 24.8 Å². The third kappa shape index (κ3) is 4.07. The van der Waals surface area contributed by atoms with Crippen LogP contribution in [-0.2, 0) is 20.9 Å². The number of carbonyl (C=O) groups excluding carboxylic acids is 2. The molecule has 1 aromatic heterocycles. The van der Waals surface area contributed by atoms with Crippen LogP contribution in [0.15, 0.2) is 28.7 Å². The molecule has 1 amide bonds. The van der Waals surface area contributed by atoms with Gasteiger partial charge in [-0.3, -0.25) is 4.79 Å². The summed E-state index contributed by atoms with van der Waals surface area (Å²) < 4.78 is 16.0. The van der Waals surface area contributed by atoms with Gasteiger partial charge < -0.3 is 19.2 Å². The molecule has 3 rings (SSSR count). The van der Waals surface area contributed by atoms with E-state index in [2.05, 4.69) is 12.2 Å². The summed E-state index contributed by atoms with van der Waals surface area (Å²) in [4.78, 5) is 24.6. The maximum absolute atomic E-state index is 12.4. The number of furan rings is 1. The van der Waals surface area contributed by atoms with Crippen molar-refractivity contribution in [1.29, 1.82) is 0 Å². The minimum absolute atomic E-state index is 0.0897. The minimum Gasteiger partial charge on any atom is -0.450 e. The normalized spacial score (nSPS) is 20.1. The first-order chi connectivity index (χ1) is 12.6. The fraction of sp³-hybridized carbons (Fsp3) is 0.500. The molecule has 1 heterocycles. The number of carbonyl (C=O) groups is 2. The summed E-state index contributed by atoms with van der Waals surface area (Å²) in [6.45, 7) is 2.06. The predicted octanol–water partition coefficient (Wildman–Crippen LogP) is 3.43. The summed E-state index contributed by atoms with van der Waals surface area (Å²) in [6, 6.07) is 7.50. The smallest absolute Gasteiger partial charge is 0.375 e. The molecule has 2 atom stereocenters. The quantitative estimate of drug-likeness (QED) is 0.800. The summed E-state index contributed by atoms with van der Waals surface area (Å²) in [7, 11) is 1.55. The molecule has 0 spiro atoms. The molecule has 0 aliphatic heterocycles. The first kappa shape index (κ1) is 18.5. The standard InChI is InChI=1S/C20H25NO5/c1-13-7-3-5-9-16(13)21-18(22)12-25-20(23)19-15(11-24-2)14-8-4-6-10-17(14)26-19/h4,6,8,10,13,16H,3,5,7,9,11-12H2,1-2H3,(H,21,22)/t13-,16+/m1/s1. The van der Waals surface area contributed by atoms with E-state index >= 15 is 0 Å². The topological polar surface area (TPSA) is 77.8 Å². The number of hydrogen-bond acceptors (Lipinski definition) is 5. The van der Waals surface area contributed by atoms with Crippen LogP contribution in [0.2, 0.25) is 0 Å². The molecule has 2 aromatic rings. The van der Waals surface area contributed by atoms with Crippen molar-refractivity contribution >= 4 is 22.8 Å². The number of ether oxygens (including phenoxy) is 2. The molecule has 140 valence electrons. The van der Waals surface area contributed by atoms with Crippen molar-refractivity contribution in [2.24, 2.45) is 5.92 Å². The average Bonchev–Trinajstić information content (AvgIpc) is 3.01. The zero-order valence-electron chi connectivity index (χ0n) is 15.2. The van der Waals surface area contributed by atoms with Gasteiger partial charge in [0.05, 0.1) is 6.61 Å². The molecule has 6 heteroatoms. The largest absolute Gasteiger partial charge is 0.450 e. The van der Waals surface area contributed by atoms with Gasteiger partial charge in [0.25, 0.3) is 5.91 Å². The lowest BCUT2D eigenvalue weighted by atomic mass is 9.86. The summed E-state index contributed by atoms with van der Waals surface area (Å²) in [6.07, 6.45) is 4.41. The lowest BCUT2D eigenvalue weighted by Crippen LogP contribution is -2.42. The van der Waals surface area contributed by atoms with E-state index in [1.165, 1.54) is 6.42 Å². The van der Waals surface area contributed by atoms with Crippen LogP contribution in [-0.4, -0.2) is 31.6 Å². The zero-order valence-corrected chi connectivity index (χ0v) is 15.2.